The van der Waals surface area contributed by atoms with Crippen molar-refractivity contribution in [1.29, 1.82) is 0 Å². The van der Waals surface area contributed by atoms with Gasteiger partial charge in [-0.3, -0.25) is 9.59 Å². The molecule has 0 aliphatic carbocycles. The SMILES string of the molecule is CSN(C)c1cc(C(=O)NCCCNCc2cccc(O)c2)cc(C(=O)NCc2ccccc2)c1. The van der Waals surface area contributed by atoms with Crippen LogP contribution in [0.3, 0.4) is 0 Å². The third-order valence-corrected chi connectivity index (χ3v) is 6.19. The van der Waals surface area contributed by atoms with Crippen LogP contribution in [-0.4, -0.2) is 43.3 Å². The van der Waals surface area contributed by atoms with E-state index in [1.165, 1.54) is 11.9 Å². The van der Waals surface area contributed by atoms with Crippen LogP contribution in [0.25, 0.3) is 0 Å². The average Bonchev–Trinajstić information content (AvgIpc) is 2.89. The minimum atomic E-state index is -0.226. The number of phenols is 1. The second kappa shape index (κ2) is 13.4. The van der Waals surface area contributed by atoms with Gasteiger partial charge in [-0.1, -0.05) is 54.4 Å². The van der Waals surface area contributed by atoms with Gasteiger partial charge in [-0.2, -0.15) is 0 Å². The number of hydrogen-bond acceptors (Lipinski definition) is 6. The van der Waals surface area contributed by atoms with Crippen molar-refractivity contribution in [3.05, 3.63) is 95.1 Å². The molecule has 0 aromatic heterocycles. The molecule has 0 aliphatic heterocycles. The molecule has 0 bridgehead atoms. The van der Waals surface area contributed by atoms with Gasteiger partial charge in [0.1, 0.15) is 5.75 Å². The maximum absolute atomic E-state index is 12.8. The minimum absolute atomic E-state index is 0.216. The van der Waals surface area contributed by atoms with Crippen LogP contribution < -0.4 is 20.3 Å². The monoisotopic (exact) mass is 492 g/mol. The van der Waals surface area contributed by atoms with E-state index in [1.807, 2.05) is 60.1 Å². The van der Waals surface area contributed by atoms with E-state index in [1.54, 1.807) is 30.3 Å². The third-order valence-electron chi connectivity index (χ3n) is 5.43. The predicted molar refractivity (Wildman–Crippen MR) is 143 cm³/mol. The highest BCUT2D eigenvalue weighted by atomic mass is 32.2. The molecule has 3 aromatic carbocycles. The maximum Gasteiger partial charge on any atom is 0.251 e. The van der Waals surface area contributed by atoms with Crippen LogP contribution in [0.15, 0.2) is 72.8 Å². The molecule has 2 amide bonds. The van der Waals surface area contributed by atoms with Crippen LogP contribution in [0.4, 0.5) is 5.69 Å². The Balaban J connectivity index is 1.55. The number of carbonyl (C=O) groups is 2. The molecule has 8 heteroatoms. The van der Waals surface area contributed by atoms with Gasteiger partial charge in [0.05, 0.1) is 0 Å². The first kappa shape index (κ1) is 26.1. The Hall–Kier alpha value is -3.49. The first-order valence-electron chi connectivity index (χ1n) is 11.5. The minimum Gasteiger partial charge on any atom is -0.508 e. The fraction of sp³-hybridized carbons (Fsp3) is 0.259. The first-order valence-corrected chi connectivity index (χ1v) is 12.7. The molecule has 0 heterocycles. The lowest BCUT2D eigenvalue weighted by Crippen LogP contribution is -2.28. The van der Waals surface area contributed by atoms with Crippen molar-refractivity contribution in [2.45, 2.75) is 19.5 Å². The van der Waals surface area contributed by atoms with E-state index < -0.39 is 0 Å². The van der Waals surface area contributed by atoms with Crippen LogP contribution in [0.5, 0.6) is 5.75 Å². The van der Waals surface area contributed by atoms with Gasteiger partial charge < -0.3 is 25.4 Å². The molecule has 0 saturated heterocycles. The van der Waals surface area contributed by atoms with Crippen LogP contribution in [0.2, 0.25) is 0 Å². The Kier molecular flexibility index (Phi) is 10.0. The largest absolute Gasteiger partial charge is 0.508 e. The summed E-state index contributed by atoms with van der Waals surface area (Å²) < 4.78 is 1.91. The zero-order valence-electron chi connectivity index (χ0n) is 20.1. The number of rotatable bonds is 12. The summed E-state index contributed by atoms with van der Waals surface area (Å²) in [7, 11) is 1.89. The van der Waals surface area contributed by atoms with Crippen molar-refractivity contribution in [2.75, 3.05) is 30.7 Å². The number of nitrogens with one attached hydrogen (secondary N) is 3. The Morgan fingerprint density at radius 3 is 2.20 bits per heavy atom. The fourth-order valence-electron chi connectivity index (χ4n) is 3.46. The first-order chi connectivity index (χ1) is 17.0. The molecule has 4 N–H and O–H groups in total. The van der Waals surface area contributed by atoms with Crippen molar-refractivity contribution in [2.24, 2.45) is 0 Å². The average molecular weight is 493 g/mol. The topological polar surface area (TPSA) is 93.7 Å². The van der Waals surface area contributed by atoms with Crippen LogP contribution in [0.1, 0.15) is 38.3 Å². The van der Waals surface area contributed by atoms with Gasteiger partial charge in [-0.15, -0.1) is 0 Å². The van der Waals surface area contributed by atoms with E-state index in [-0.39, 0.29) is 17.6 Å². The number of anilines is 1. The summed E-state index contributed by atoms with van der Waals surface area (Å²) in [6, 6.07) is 22.0. The number of amides is 2. The van der Waals surface area contributed by atoms with E-state index in [2.05, 4.69) is 16.0 Å². The molecule has 184 valence electrons. The summed E-state index contributed by atoms with van der Waals surface area (Å²) in [6.07, 6.45) is 2.69. The standard InChI is InChI=1S/C27H32N4O3S/c1-31(35-2)24-16-22(15-23(17-24)27(34)30-19-20-8-4-3-5-9-20)26(33)29-13-7-12-28-18-21-10-6-11-25(32)14-21/h3-6,8-11,14-17,28,32H,7,12-13,18-19H2,1-2H3,(H,29,33)(H,30,34). The Morgan fingerprint density at radius 1 is 0.829 bits per heavy atom. The van der Waals surface area contributed by atoms with E-state index in [9.17, 15) is 14.7 Å². The molecular weight excluding hydrogens is 460 g/mol. The van der Waals surface area contributed by atoms with Crippen LogP contribution in [-0.2, 0) is 13.1 Å². The van der Waals surface area contributed by atoms with Crippen LogP contribution >= 0.6 is 11.9 Å². The van der Waals surface area contributed by atoms with Crippen molar-refractivity contribution in [3.63, 3.8) is 0 Å². The lowest BCUT2D eigenvalue weighted by Gasteiger charge is -2.18. The second-order valence-electron chi connectivity index (χ2n) is 8.07. The number of carbonyl (C=O) groups excluding carboxylic acids is 2. The van der Waals surface area contributed by atoms with E-state index in [4.69, 9.17) is 0 Å². The smallest absolute Gasteiger partial charge is 0.251 e. The fourth-order valence-corrected chi connectivity index (χ4v) is 3.77. The van der Waals surface area contributed by atoms with E-state index in [0.29, 0.717) is 30.8 Å². The Morgan fingerprint density at radius 2 is 1.51 bits per heavy atom. The molecule has 0 radical (unpaired) electrons. The van der Waals surface area contributed by atoms with Crippen molar-refractivity contribution in [3.8, 4) is 5.75 Å². The zero-order chi connectivity index (χ0) is 25.0. The highest BCUT2D eigenvalue weighted by Crippen LogP contribution is 2.23. The quantitative estimate of drug-likeness (QED) is 0.226. The highest BCUT2D eigenvalue weighted by molar-refractivity contribution is 7.99. The lowest BCUT2D eigenvalue weighted by atomic mass is 10.1. The lowest BCUT2D eigenvalue weighted by molar-refractivity contribution is 0.0950. The van der Waals surface area contributed by atoms with Gasteiger partial charge in [0.25, 0.3) is 11.8 Å². The summed E-state index contributed by atoms with van der Waals surface area (Å²) >= 11 is 1.50. The normalized spacial score (nSPS) is 10.6. The van der Waals surface area contributed by atoms with Crippen LogP contribution in [0, 0.1) is 0 Å². The summed E-state index contributed by atoms with van der Waals surface area (Å²) in [5, 5.41) is 18.7. The summed E-state index contributed by atoms with van der Waals surface area (Å²) in [6.45, 7) is 2.29. The summed E-state index contributed by atoms with van der Waals surface area (Å²) in [5.41, 5.74) is 3.68. The van der Waals surface area contributed by atoms with Gasteiger partial charge >= 0.3 is 0 Å². The molecule has 0 atom stereocenters. The molecule has 0 saturated carbocycles. The molecule has 35 heavy (non-hydrogen) atoms. The van der Waals surface area contributed by atoms with E-state index >= 15 is 0 Å². The number of aromatic hydroxyl groups is 1. The Bertz CT molecular complexity index is 1120. The number of nitrogens with zero attached hydrogens (tertiary/aromatic N) is 1. The summed E-state index contributed by atoms with van der Waals surface area (Å²) in [4.78, 5) is 25.7. The second-order valence-corrected chi connectivity index (χ2v) is 8.99. The summed E-state index contributed by atoms with van der Waals surface area (Å²) in [5.74, 6) is -0.194. The maximum atomic E-state index is 12.8. The van der Waals surface area contributed by atoms with Crippen molar-refractivity contribution in [1.82, 2.24) is 16.0 Å². The van der Waals surface area contributed by atoms with Gasteiger partial charge in [-0.25, -0.2) is 0 Å². The zero-order valence-corrected chi connectivity index (χ0v) is 20.9. The number of phenolic OH excluding ortho intramolecular Hbond substituents is 1. The van der Waals surface area contributed by atoms with Crippen molar-refractivity contribution < 1.29 is 14.7 Å². The van der Waals surface area contributed by atoms with Gasteiger partial charge in [0.2, 0.25) is 0 Å². The number of hydrogen-bond donors (Lipinski definition) is 4. The molecule has 3 rings (SSSR count). The number of benzene rings is 3. The van der Waals surface area contributed by atoms with Gasteiger partial charge in [-0.05, 0) is 54.4 Å². The Labute approximate surface area is 211 Å². The third kappa shape index (κ3) is 8.35. The molecule has 7 nitrogen and oxygen atoms in total. The molecule has 0 fully saturated rings. The predicted octanol–water partition coefficient (Wildman–Crippen LogP) is 3.95. The molecular formula is C27H32N4O3S. The molecule has 0 unspecified atom stereocenters. The van der Waals surface area contributed by atoms with Gasteiger partial charge in [0, 0.05) is 49.8 Å². The molecule has 0 spiro atoms. The van der Waals surface area contributed by atoms with Crippen molar-refractivity contribution >= 4 is 29.4 Å². The van der Waals surface area contributed by atoms with E-state index in [0.717, 1.165) is 29.8 Å². The van der Waals surface area contributed by atoms with Gasteiger partial charge in [0.15, 0.2) is 0 Å². The highest BCUT2D eigenvalue weighted by Gasteiger charge is 2.15. The molecule has 0 aliphatic rings. The molecule has 3 aromatic rings.